The van der Waals surface area contributed by atoms with E-state index in [2.05, 4.69) is 26.6 Å². The van der Waals surface area contributed by atoms with E-state index in [0.717, 1.165) is 15.8 Å². The smallest absolute Gasteiger partial charge is 0.246 e. The fourth-order valence-corrected chi connectivity index (χ4v) is 2.26. The molecule has 5 nitrogen and oxygen atoms in total. The van der Waals surface area contributed by atoms with Gasteiger partial charge in [-0.2, -0.15) is 0 Å². The number of hydrogen-bond acceptors (Lipinski definition) is 4. The first kappa shape index (κ1) is 17.1. The summed E-state index contributed by atoms with van der Waals surface area (Å²) in [4.78, 5) is 12.3. The maximum atomic E-state index is 12.3. The maximum absolute atomic E-state index is 12.3. The van der Waals surface area contributed by atoms with Gasteiger partial charge in [-0.1, -0.05) is 15.9 Å². The number of halogens is 1. The summed E-state index contributed by atoms with van der Waals surface area (Å²) >= 11 is 3.36. The molecule has 122 valence electrons. The van der Waals surface area contributed by atoms with Crippen LogP contribution in [0.5, 0.6) is 11.5 Å². The minimum absolute atomic E-state index is 0.134. The highest BCUT2D eigenvalue weighted by molar-refractivity contribution is 9.10. The summed E-state index contributed by atoms with van der Waals surface area (Å²) < 4.78 is 11.4. The van der Waals surface area contributed by atoms with Crippen LogP contribution in [0.1, 0.15) is 6.92 Å². The van der Waals surface area contributed by atoms with Crippen LogP contribution >= 0.6 is 15.9 Å². The summed E-state index contributed by atoms with van der Waals surface area (Å²) in [6.45, 7) is 1.79. The Kier molecular flexibility index (Phi) is 5.87. The van der Waals surface area contributed by atoms with Gasteiger partial charge in [-0.05, 0) is 43.3 Å². The molecule has 2 aromatic rings. The first-order valence-electron chi connectivity index (χ1n) is 7.08. The van der Waals surface area contributed by atoms with Crippen molar-refractivity contribution in [2.24, 2.45) is 0 Å². The fourth-order valence-electron chi connectivity index (χ4n) is 2.00. The van der Waals surface area contributed by atoms with Gasteiger partial charge in [0, 0.05) is 16.2 Å². The Balaban J connectivity index is 2.04. The Morgan fingerprint density at radius 3 is 2.39 bits per heavy atom. The van der Waals surface area contributed by atoms with Crippen LogP contribution in [0.15, 0.2) is 46.9 Å². The van der Waals surface area contributed by atoms with E-state index < -0.39 is 6.04 Å². The van der Waals surface area contributed by atoms with Crippen LogP contribution in [0.25, 0.3) is 0 Å². The number of carbonyl (C=O) groups is 1. The van der Waals surface area contributed by atoms with Gasteiger partial charge in [0.1, 0.15) is 17.5 Å². The topological polar surface area (TPSA) is 59.6 Å². The number of rotatable bonds is 6. The predicted molar refractivity (Wildman–Crippen MR) is 95.4 cm³/mol. The predicted octanol–water partition coefficient (Wildman–Crippen LogP) is 3.91. The van der Waals surface area contributed by atoms with E-state index in [1.54, 1.807) is 27.2 Å². The molecule has 0 heterocycles. The van der Waals surface area contributed by atoms with Crippen molar-refractivity contribution in [2.75, 3.05) is 24.9 Å². The van der Waals surface area contributed by atoms with Crippen molar-refractivity contribution in [3.63, 3.8) is 0 Å². The molecule has 2 N–H and O–H groups in total. The molecule has 0 spiro atoms. The maximum Gasteiger partial charge on any atom is 0.246 e. The van der Waals surface area contributed by atoms with Gasteiger partial charge in [-0.3, -0.25) is 4.79 Å². The summed E-state index contributed by atoms with van der Waals surface area (Å²) in [7, 11) is 3.17. The molecule has 0 saturated heterocycles. The Bertz CT molecular complexity index is 674. The molecule has 0 aliphatic rings. The normalized spacial score (nSPS) is 11.5. The van der Waals surface area contributed by atoms with Gasteiger partial charge in [0.15, 0.2) is 0 Å². The molecule has 2 rings (SSSR count). The van der Waals surface area contributed by atoms with Crippen LogP contribution in [-0.2, 0) is 4.79 Å². The zero-order valence-electron chi connectivity index (χ0n) is 13.2. The number of nitrogens with one attached hydrogen (secondary N) is 2. The Morgan fingerprint density at radius 2 is 1.78 bits per heavy atom. The van der Waals surface area contributed by atoms with Crippen LogP contribution in [0.3, 0.4) is 0 Å². The lowest BCUT2D eigenvalue weighted by atomic mass is 10.2. The monoisotopic (exact) mass is 378 g/mol. The van der Waals surface area contributed by atoms with Crippen molar-refractivity contribution in [1.29, 1.82) is 0 Å². The Morgan fingerprint density at radius 1 is 1.09 bits per heavy atom. The summed E-state index contributed by atoms with van der Waals surface area (Å²) in [5.41, 5.74) is 1.47. The van der Waals surface area contributed by atoms with E-state index in [0.29, 0.717) is 11.5 Å². The van der Waals surface area contributed by atoms with Crippen LogP contribution in [0.4, 0.5) is 11.4 Å². The number of methoxy groups -OCH3 is 2. The molecule has 0 aliphatic heterocycles. The molecule has 0 fully saturated rings. The average molecular weight is 379 g/mol. The molecular weight excluding hydrogens is 360 g/mol. The third-order valence-electron chi connectivity index (χ3n) is 3.29. The second kappa shape index (κ2) is 7.87. The lowest BCUT2D eigenvalue weighted by molar-refractivity contribution is -0.116. The molecule has 0 aliphatic carbocycles. The Hall–Kier alpha value is -2.21. The molecule has 0 bridgehead atoms. The molecule has 2 aromatic carbocycles. The minimum Gasteiger partial charge on any atom is -0.497 e. The average Bonchev–Trinajstić information content (AvgIpc) is 2.57. The fraction of sp³-hybridized carbons (Fsp3) is 0.235. The first-order valence-corrected chi connectivity index (χ1v) is 7.87. The SMILES string of the molecule is COc1ccc(N[C@H](C)C(=O)Nc2ccc(Br)cc2)c(OC)c1. The van der Waals surface area contributed by atoms with Crippen molar-refractivity contribution >= 4 is 33.2 Å². The molecule has 0 unspecified atom stereocenters. The van der Waals surface area contributed by atoms with Crippen molar-refractivity contribution in [1.82, 2.24) is 0 Å². The van der Waals surface area contributed by atoms with Crippen LogP contribution in [-0.4, -0.2) is 26.2 Å². The van der Waals surface area contributed by atoms with Gasteiger partial charge < -0.3 is 20.1 Å². The van der Waals surface area contributed by atoms with Gasteiger partial charge in [-0.25, -0.2) is 0 Å². The van der Waals surface area contributed by atoms with Crippen LogP contribution < -0.4 is 20.1 Å². The van der Waals surface area contributed by atoms with E-state index >= 15 is 0 Å². The zero-order valence-corrected chi connectivity index (χ0v) is 14.8. The number of hydrogen-bond donors (Lipinski definition) is 2. The largest absolute Gasteiger partial charge is 0.497 e. The number of benzene rings is 2. The Labute approximate surface area is 144 Å². The van der Waals surface area contributed by atoms with Gasteiger partial charge in [0.2, 0.25) is 5.91 Å². The van der Waals surface area contributed by atoms with Crippen LogP contribution in [0, 0.1) is 0 Å². The third kappa shape index (κ3) is 4.63. The van der Waals surface area contributed by atoms with E-state index in [1.807, 2.05) is 36.4 Å². The second-order valence-corrected chi connectivity index (χ2v) is 5.84. The minimum atomic E-state index is -0.430. The zero-order chi connectivity index (χ0) is 16.8. The molecule has 0 aromatic heterocycles. The standard InChI is InChI=1S/C17H19BrN2O3/c1-11(17(21)20-13-6-4-12(18)5-7-13)19-15-9-8-14(22-2)10-16(15)23-3/h4-11,19H,1-3H3,(H,20,21)/t11-/m1/s1. The first-order chi connectivity index (χ1) is 11.0. The number of anilines is 2. The number of amides is 1. The quantitative estimate of drug-likeness (QED) is 0.799. The van der Waals surface area contributed by atoms with Crippen molar-refractivity contribution in [3.8, 4) is 11.5 Å². The summed E-state index contributed by atoms with van der Waals surface area (Å²) in [6, 6.07) is 12.4. The van der Waals surface area contributed by atoms with E-state index in [9.17, 15) is 4.79 Å². The highest BCUT2D eigenvalue weighted by Crippen LogP contribution is 2.29. The number of ether oxygens (including phenoxy) is 2. The molecule has 0 radical (unpaired) electrons. The third-order valence-corrected chi connectivity index (χ3v) is 3.81. The lowest BCUT2D eigenvalue weighted by Crippen LogP contribution is -2.32. The summed E-state index contributed by atoms with van der Waals surface area (Å²) in [5.74, 6) is 1.18. The highest BCUT2D eigenvalue weighted by Gasteiger charge is 2.15. The van der Waals surface area contributed by atoms with E-state index in [4.69, 9.17) is 9.47 Å². The van der Waals surface area contributed by atoms with E-state index in [1.165, 1.54) is 0 Å². The van der Waals surface area contributed by atoms with Gasteiger partial charge in [-0.15, -0.1) is 0 Å². The molecule has 0 saturated carbocycles. The lowest BCUT2D eigenvalue weighted by Gasteiger charge is -2.18. The number of carbonyl (C=O) groups excluding carboxylic acids is 1. The van der Waals surface area contributed by atoms with Crippen molar-refractivity contribution in [2.45, 2.75) is 13.0 Å². The van der Waals surface area contributed by atoms with Crippen molar-refractivity contribution < 1.29 is 14.3 Å². The molecule has 23 heavy (non-hydrogen) atoms. The molecule has 1 amide bonds. The van der Waals surface area contributed by atoms with Gasteiger partial charge in [0.05, 0.1) is 19.9 Å². The van der Waals surface area contributed by atoms with E-state index in [-0.39, 0.29) is 5.91 Å². The second-order valence-electron chi connectivity index (χ2n) is 4.93. The molecule has 6 heteroatoms. The van der Waals surface area contributed by atoms with Crippen LogP contribution in [0.2, 0.25) is 0 Å². The molecular formula is C17H19BrN2O3. The van der Waals surface area contributed by atoms with Gasteiger partial charge >= 0.3 is 0 Å². The van der Waals surface area contributed by atoms with Gasteiger partial charge in [0.25, 0.3) is 0 Å². The summed E-state index contributed by atoms with van der Waals surface area (Å²) in [6.07, 6.45) is 0. The highest BCUT2D eigenvalue weighted by atomic mass is 79.9. The summed E-state index contributed by atoms with van der Waals surface area (Å²) in [5, 5.41) is 6.00. The van der Waals surface area contributed by atoms with Crippen molar-refractivity contribution in [3.05, 3.63) is 46.9 Å². The molecule has 1 atom stereocenters.